The van der Waals surface area contributed by atoms with Crippen LogP contribution in [0.4, 0.5) is 13.2 Å². The fraction of sp³-hybridized carbons (Fsp3) is 0.857. The van der Waals surface area contributed by atoms with Gasteiger partial charge < -0.3 is 0 Å². The van der Waals surface area contributed by atoms with E-state index in [1.54, 1.807) is 37.7 Å². The van der Waals surface area contributed by atoms with Gasteiger partial charge in [-0.25, -0.2) is 0 Å². The maximum Gasteiger partial charge on any atom is 0.398 e. The highest BCUT2D eigenvalue weighted by Gasteiger charge is 2.30. The van der Waals surface area contributed by atoms with E-state index in [1.807, 2.05) is 0 Å². The summed E-state index contributed by atoms with van der Waals surface area (Å²) in [5, 5.41) is 0.595. The van der Waals surface area contributed by atoms with Crippen molar-refractivity contribution in [3.63, 3.8) is 0 Å². The van der Waals surface area contributed by atoms with Crippen molar-refractivity contribution in [1.29, 1.82) is 0 Å². The molecule has 0 atom stereocenters. The Morgan fingerprint density at radius 1 is 1.31 bits per heavy atom. The summed E-state index contributed by atoms with van der Waals surface area (Å²) in [7, 11) is 6.88. The van der Waals surface area contributed by atoms with Gasteiger partial charge in [0.2, 0.25) is 0 Å². The zero-order valence-corrected chi connectivity index (χ0v) is 8.96. The van der Waals surface area contributed by atoms with Gasteiger partial charge in [0.25, 0.3) is 0 Å². The second-order valence-corrected chi connectivity index (χ2v) is 3.92. The first-order chi connectivity index (χ1) is 5.74. The number of alkyl halides is 3. The Bertz CT molecular complexity index is 194. The maximum atomic E-state index is 11.9. The van der Waals surface area contributed by atoms with Gasteiger partial charge in [-0.15, -0.1) is 0 Å². The van der Waals surface area contributed by atoms with E-state index in [9.17, 15) is 13.2 Å². The highest BCUT2D eigenvalue weighted by Crippen LogP contribution is 2.22. The van der Waals surface area contributed by atoms with E-state index >= 15 is 0 Å². The number of nitrogens with zero attached hydrogens (tertiary/aromatic N) is 2. The van der Waals surface area contributed by atoms with Gasteiger partial charge in [-0.1, -0.05) is 0 Å². The molecule has 0 saturated heterocycles. The predicted octanol–water partition coefficient (Wildman–Crippen LogP) is 1.47. The van der Waals surface area contributed by atoms with E-state index in [1.165, 1.54) is 0 Å². The molecule has 0 aromatic carbocycles. The van der Waals surface area contributed by atoms with E-state index in [4.69, 9.17) is 0 Å². The standard InChI is InChI=1S/C7H14F3N2S/c1-11(2)6(12(3)4)13-5-7(8,9)10/h5H2,1-4H3/q+1. The molecular formula is C7H14F3N2S+. The van der Waals surface area contributed by atoms with Gasteiger partial charge >= 0.3 is 11.3 Å². The normalized spacial score (nSPS) is 11.3. The molecule has 0 bridgehead atoms. The van der Waals surface area contributed by atoms with Gasteiger partial charge in [-0.2, -0.15) is 13.2 Å². The SMILES string of the molecule is CN(C)C(SCC(F)(F)F)=[N+](C)C. The lowest BCUT2D eigenvalue weighted by Gasteiger charge is -2.11. The summed E-state index contributed by atoms with van der Waals surface area (Å²) in [5.74, 6) is -0.849. The van der Waals surface area contributed by atoms with Crippen LogP contribution in [0.2, 0.25) is 0 Å². The molecule has 0 aliphatic carbocycles. The van der Waals surface area contributed by atoms with Crippen LogP contribution in [0.5, 0.6) is 0 Å². The van der Waals surface area contributed by atoms with Crippen molar-refractivity contribution in [3.05, 3.63) is 0 Å². The van der Waals surface area contributed by atoms with Crippen molar-refractivity contribution >= 4 is 16.9 Å². The molecule has 0 amide bonds. The monoisotopic (exact) mass is 215 g/mol. The number of halogens is 3. The molecule has 0 aromatic heterocycles. The van der Waals surface area contributed by atoms with Crippen molar-refractivity contribution in [1.82, 2.24) is 4.90 Å². The first kappa shape index (κ1) is 12.6. The van der Waals surface area contributed by atoms with E-state index in [0.29, 0.717) is 5.17 Å². The topological polar surface area (TPSA) is 6.25 Å². The lowest BCUT2D eigenvalue weighted by atomic mass is 10.8. The molecule has 0 N–H and O–H groups in total. The molecule has 0 fully saturated rings. The molecule has 0 saturated carbocycles. The Morgan fingerprint density at radius 3 is 2.00 bits per heavy atom. The van der Waals surface area contributed by atoms with Crippen LogP contribution in [0, 0.1) is 0 Å². The van der Waals surface area contributed by atoms with Crippen molar-refractivity contribution in [2.75, 3.05) is 33.9 Å². The lowest BCUT2D eigenvalue weighted by molar-refractivity contribution is -0.466. The molecule has 0 aromatic rings. The quantitative estimate of drug-likeness (QED) is 0.371. The molecule has 78 valence electrons. The lowest BCUT2D eigenvalue weighted by Crippen LogP contribution is -2.28. The van der Waals surface area contributed by atoms with Crippen LogP contribution in [0.1, 0.15) is 0 Å². The Hall–Kier alpha value is -0.390. The minimum atomic E-state index is -4.11. The number of rotatable bonds is 1. The molecule has 0 spiro atoms. The van der Waals surface area contributed by atoms with Crippen molar-refractivity contribution in [2.24, 2.45) is 0 Å². The molecule has 0 aliphatic rings. The second-order valence-electron chi connectivity index (χ2n) is 2.98. The molecule has 0 unspecified atom stereocenters. The molecule has 2 nitrogen and oxygen atoms in total. The summed E-state index contributed by atoms with van der Waals surface area (Å²) in [6.07, 6.45) is -4.11. The zero-order valence-electron chi connectivity index (χ0n) is 8.14. The largest absolute Gasteiger partial charge is 0.398 e. The van der Waals surface area contributed by atoms with E-state index in [-0.39, 0.29) is 0 Å². The van der Waals surface area contributed by atoms with E-state index in [2.05, 4.69) is 0 Å². The van der Waals surface area contributed by atoms with Crippen molar-refractivity contribution in [2.45, 2.75) is 6.18 Å². The minimum absolute atomic E-state index is 0.595. The van der Waals surface area contributed by atoms with Gasteiger partial charge in [0.15, 0.2) is 0 Å². The Labute approximate surface area is 80.4 Å². The van der Waals surface area contributed by atoms with Gasteiger partial charge in [0.1, 0.15) is 5.75 Å². The van der Waals surface area contributed by atoms with Crippen LogP contribution in [-0.4, -0.2) is 54.8 Å². The highest BCUT2D eigenvalue weighted by atomic mass is 32.2. The zero-order chi connectivity index (χ0) is 10.6. The molecule has 0 radical (unpaired) electrons. The maximum absolute atomic E-state index is 11.9. The number of hydrogen-bond donors (Lipinski definition) is 0. The van der Waals surface area contributed by atoms with Gasteiger partial charge in [-0.3, -0.25) is 9.48 Å². The summed E-state index contributed by atoms with van der Waals surface area (Å²) >= 11 is 0.788. The Morgan fingerprint density at radius 2 is 1.77 bits per heavy atom. The van der Waals surface area contributed by atoms with Gasteiger partial charge in [0, 0.05) is 0 Å². The van der Waals surface area contributed by atoms with E-state index in [0.717, 1.165) is 11.8 Å². The summed E-state index contributed by atoms with van der Waals surface area (Å²) in [6, 6.07) is 0. The summed E-state index contributed by atoms with van der Waals surface area (Å²) in [6.45, 7) is 0. The smallest absolute Gasteiger partial charge is 0.262 e. The van der Waals surface area contributed by atoms with Crippen LogP contribution in [-0.2, 0) is 0 Å². The van der Waals surface area contributed by atoms with Gasteiger partial charge in [0.05, 0.1) is 28.2 Å². The first-order valence-corrected chi connectivity index (χ1v) is 4.63. The van der Waals surface area contributed by atoms with Crippen molar-refractivity contribution in [3.8, 4) is 0 Å². The third kappa shape index (κ3) is 5.79. The number of amidine groups is 1. The number of hydrogen-bond acceptors (Lipinski definition) is 1. The first-order valence-electron chi connectivity index (χ1n) is 3.65. The Kier molecular flexibility index (Phi) is 4.60. The summed E-state index contributed by atoms with van der Waals surface area (Å²) in [4.78, 5) is 1.66. The second kappa shape index (κ2) is 4.74. The fourth-order valence-corrected chi connectivity index (χ4v) is 1.61. The fourth-order valence-electron chi connectivity index (χ4n) is 0.805. The Balaban J connectivity index is 4.24. The molecular weight excluding hydrogens is 201 g/mol. The third-order valence-electron chi connectivity index (χ3n) is 1.13. The highest BCUT2D eigenvalue weighted by molar-refractivity contribution is 8.13. The molecule has 13 heavy (non-hydrogen) atoms. The average Bonchev–Trinajstić information content (AvgIpc) is 1.82. The average molecular weight is 215 g/mol. The van der Waals surface area contributed by atoms with Crippen LogP contribution >= 0.6 is 11.8 Å². The molecule has 0 aliphatic heterocycles. The van der Waals surface area contributed by atoms with Crippen LogP contribution in [0.3, 0.4) is 0 Å². The summed E-state index contributed by atoms with van der Waals surface area (Å²) in [5.41, 5.74) is 0. The molecule has 0 heterocycles. The van der Waals surface area contributed by atoms with Gasteiger partial charge in [-0.05, 0) is 11.8 Å². The van der Waals surface area contributed by atoms with Crippen LogP contribution < -0.4 is 0 Å². The minimum Gasteiger partial charge on any atom is -0.262 e. The molecule has 0 rings (SSSR count). The van der Waals surface area contributed by atoms with Crippen molar-refractivity contribution < 1.29 is 17.7 Å². The third-order valence-corrected chi connectivity index (χ3v) is 2.59. The molecule has 6 heteroatoms. The predicted molar refractivity (Wildman–Crippen MR) is 49.3 cm³/mol. The summed E-state index contributed by atoms with van der Waals surface area (Å²) < 4.78 is 37.3. The number of thioether (sulfide) groups is 1. The van der Waals surface area contributed by atoms with E-state index < -0.39 is 11.9 Å². The van der Waals surface area contributed by atoms with Crippen LogP contribution in [0.25, 0.3) is 0 Å². The van der Waals surface area contributed by atoms with Crippen LogP contribution in [0.15, 0.2) is 0 Å².